The Hall–Kier alpha value is -2.64. The summed E-state index contributed by atoms with van der Waals surface area (Å²) < 4.78 is 61.4. The van der Waals surface area contributed by atoms with Crippen molar-refractivity contribution in [2.75, 3.05) is 25.5 Å². The van der Waals surface area contributed by atoms with Gasteiger partial charge in [-0.05, 0) is 45.1 Å². The molecule has 1 amide bonds. The lowest BCUT2D eigenvalue weighted by Gasteiger charge is -2.33. The summed E-state index contributed by atoms with van der Waals surface area (Å²) in [5.41, 5.74) is -2.49. The third-order valence-corrected chi connectivity index (χ3v) is 8.73. The number of thioether (sulfide) groups is 1. The van der Waals surface area contributed by atoms with Crippen LogP contribution in [-0.2, 0) is 4.79 Å². The van der Waals surface area contributed by atoms with E-state index in [0.29, 0.717) is 34.2 Å². The van der Waals surface area contributed by atoms with Crippen LogP contribution in [0, 0.1) is 0 Å². The molecular weight excluding hydrogens is 530 g/mol. The number of fused-ring (bicyclic) bond motifs is 1. The van der Waals surface area contributed by atoms with Gasteiger partial charge < -0.3 is 20.1 Å². The number of rotatable bonds is 5. The maximum Gasteiger partial charge on any atom is 0.446 e. The Labute approximate surface area is 218 Å². The Morgan fingerprint density at radius 2 is 2.11 bits per heavy atom. The van der Waals surface area contributed by atoms with Crippen LogP contribution in [0.2, 0.25) is 0 Å². The van der Waals surface area contributed by atoms with Gasteiger partial charge in [-0.15, -0.1) is 11.3 Å². The minimum atomic E-state index is -4.55. The Bertz CT molecular complexity index is 1360. The number of likely N-dealkylation sites (tertiary alicyclic amines) is 1. The number of aromatic nitrogens is 2. The van der Waals surface area contributed by atoms with E-state index in [0.717, 1.165) is 23.5 Å². The summed E-state index contributed by atoms with van der Waals surface area (Å²) in [4.78, 5) is 18.7. The molecule has 13 heteroatoms. The third kappa shape index (κ3) is 5.34. The molecule has 2 aromatic heterocycles. The van der Waals surface area contributed by atoms with Gasteiger partial charge in [0.1, 0.15) is 12.2 Å². The third-order valence-electron chi connectivity index (χ3n) is 6.51. The molecule has 1 aromatic carbocycles. The van der Waals surface area contributed by atoms with Crippen LogP contribution in [0.5, 0.6) is 0 Å². The van der Waals surface area contributed by atoms with Crippen LogP contribution in [0.15, 0.2) is 38.8 Å². The second kappa shape index (κ2) is 9.91. The van der Waals surface area contributed by atoms with Gasteiger partial charge in [0.05, 0.1) is 21.3 Å². The fourth-order valence-electron chi connectivity index (χ4n) is 4.64. The second-order valence-corrected chi connectivity index (χ2v) is 11.6. The maximum atomic E-state index is 14.7. The summed E-state index contributed by atoms with van der Waals surface area (Å²) in [7, 11) is 1.85. The monoisotopic (exact) mass is 555 g/mol. The summed E-state index contributed by atoms with van der Waals surface area (Å²) in [5.74, 6) is -0.0860. The van der Waals surface area contributed by atoms with Crippen molar-refractivity contribution in [2.45, 2.75) is 55.3 Å². The molecule has 37 heavy (non-hydrogen) atoms. The molecule has 0 radical (unpaired) electrons. The van der Waals surface area contributed by atoms with E-state index in [9.17, 15) is 22.4 Å². The summed E-state index contributed by atoms with van der Waals surface area (Å²) >= 11 is 0.862. The first-order valence-corrected chi connectivity index (χ1v) is 13.3. The highest BCUT2D eigenvalue weighted by Crippen LogP contribution is 2.51. The first-order valence-electron chi connectivity index (χ1n) is 11.7. The number of nitrogens with zero attached hydrogens (tertiary/aromatic N) is 3. The number of hydrogen-bond acceptors (Lipinski definition) is 8. The second-order valence-electron chi connectivity index (χ2n) is 9.47. The largest absolute Gasteiger partial charge is 0.446 e. The van der Waals surface area contributed by atoms with Crippen molar-refractivity contribution in [3.8, 4) is 10.7 Å². The molecule has 4 heterocycles. The van der Waals surface area contributed by atoms with Crippen LogP contribution in [0.3, 0.4) is 0 Å². The number of nitrogens with one attached hydrogen (secondary N) is 2. The van der Waals surface area contributed by atoms with E-state index in [1.54, 1.807) is 18.2 Å². The van der Waals surface area contributed by atoms with Crippen molar-refractivity contribution in [3.63, 3.8) is 0 Å². The predicted molar refractivity (Wildman–Crippen MR) is 135 cm³/mol. The lowest BCUT2D eigenvalue weighted by molar-refractivity contribution is -0.116. The van der Waals surface area contributed by atoms with Crippen LogP contribution in [0.1, 0.15) is 38.6 Å². The molecular formula is C24H25F4N5O2S2. The molecule has 198 valence electrons. The molecule has 0 spiro atoms. The van der Waals surface area contributed by atoms with Crippen LogP contribution >= 0.6 is 23.1 Å². The van der Waals surface area contributed by atoms with Gasteiger partial charge in [-0.3, -0.25) is 4.79 Å². The van der Waals surface area contributed by atoms with Crippen LogP contribution in [0.4, 0.5) is 23.2 Å². The molecule has 0 aliphatic carbocycles. The highest BCUT2D eigenvalue weighted by atomic mass is 32.2. The van der Waals surface area contributed by atoms with Gasteiger partial charge in [0.2, 0.25) is 17.6 Å². The van der Waals surface area contributed by atoms with Gasteiger partial charge in [0.15, 0.2) is 0 Å². The van der Waals surface area contributed by atoms with E-state index in [4.69, 9.17) is 4.52 Å². The fraction of sp³-hybridized carbons (Fsp3) is 0.458. The number of amides is 1. The molecule has 2 aliphatic heterocycles. The summed E-state index contributed by atoms with van der Waals surface area (Å²) in [6.45, 7) is 4.67. The molecule has 0 bridgehead atoms. The lowest BCUT2D eigenvalue weighted by Crippen LogP contribution is -2.46. The Morgan fingerprint density at radius 3 is 2.78 bits per heavy atom. The molecule has 5 rings (SSSR count). The summed E-state index contributed by atoms with van der Waals surface area (Å²) in [6.07, 6.45) is -0.177. The van der Waals surface area contributed by atoms with E-state index < -0.39 is 23.8 Å². The molecule has 2 fully saturated rings. The molecule has 1 unspecified atom stereocenters. The Balaban J connectivity index is 1.52. The number of anilines is 1. The predicted octanol–water partition coefficient (Wildman–Crippen LogP) is 5.91. The average Bonchev–Trinajstić information content (AvgIpc) is 3.52. The normalized spacial score (nSPS) is 23.1. The topological polar surface area (TPSA) is 83.3 Å². The number of halogens is 4. The number of benzene rings is 1. The van der Waals surface area contributed by atoms with Crippen LogP contribution in [-0.4, -0.2) is 58.8 Å². The molecule has 2 N–H and O–H groups in total. The van der Waals surface area contributed by atoms with Gasteiger partial charge in [0, 0.05) is 35.4 Å². The SMILES string of the molecule is CC(C)=C1CC(c2nc(-c3sc4c(N[C@@H]5CCN(C)C[C@@H]5F)cccc4c3SC(F)(F)F)no2)NC1=O. The zero-order valence-corrected chi connectivity index (χ0v) is 21.9. The minimum Gasteiger partial charge on any atom is -0.378 e. The first kappa shape index (κ1) is 26.0. The Kier molecular flexibility index (Phi) is 6.96. The van der Waals surface area contributed by atoms with Gasteiger partial charge in [-0.25, -0.2) is 4.39 Å². The lowest BCUT2D eigenvalue weighted by atomic mass is 10.0. The van der Waals surface area contributed by atoms with Gasteiger partial charge in [0.25, 0.3) is 0 Å². The van der Waals surface area contributed by atoms with E-state index in [2.05, 4.69) is 20.8 Å². The van der Waals surface area contributed by atoms with E-state index in [1.807, 2.05) is 25.8 Å². The van der Waals surface area contributed by atoms with E-state index >= 15 is 0 Å². The molecule has 3 atom stereocenters. The minimum absolute atomic E-state index is 0.0106. The van der Waals surface area contributed by atoms with Crippen molar-refractivity contribution in [1.82, 2.24) is 20.4 Å². The number of allylic oxidation sites excluding steroid dienone is 1. The maximum absolute atomic E-state index is 14.7. The zero-order valence-electron chi connectivity index (χ0n) is 20.3. The standard InChI is InChI=1S/C24H25F4N5O2S2/c1-11(2)13-9-17(30-22(13)34)23-31-21(32-35-23)20-19(37-24(26,27)28)12-5-4-6-16(18(12)36-20)29-15-7-8-33(3)10-14(15)25/h4-6,14-15,17,29H,7-10H2,1-3H3,(H,30,34)/t14-,15+,17?/m0/s1. The van der Waals surface area contributed by atoms with E-state index in [1.165, 1.54) is 0 Å². The molecule has 2 saturated heterocycles. The quantitative estimate of drug-likeness (QED) is 0.230. The number of carbonyl (C=O) groups excluding carboxylic acids is 1. The van der Waals surface area contributed by atoms with Gasteiger partial charge >= 0.3 is 5.51 Å². The van der Waals surface area contributed by atoms with Crippen LogP contribution < -0.4 is 10.6 Å². The number of thiophene rings is 1. The van der Waals surface area contributed by atoms with Crippen molar-refractivity contribution >= 4 is 44.8 Å². The fourth-order valence-corrected chi connectivity index (χ4v) is 6.74. The van der Waals surface area contributed by atoms with Crippen molar-refractivity contribution in [3.05, 3.63) is 35.2 Å². The number of piperidine rings is 1. The zero-order chi connectivity index (χ0) is 26.5. The highest BCUT2D eigenvalue weighted by molar-refractivity contribution is 8.00. The first-order chi connectivity index (χ1) is 17.5. The van der Waals surface area contributed by atoms with Crippen LogP contribution in [0.25, 0.3) is 20.8 Å². The smallest absolute Gasteiger partial charge is 0.378 e. The van der Waals surface area contributed by atoms with Crippen molar-refractivity contribution < 1.29 is 26.9 Å². The van der Waals surface area contributed by atoms with E-state index in [-0.39, 0.29) is 45.7 Å². The Morgan fingerprint density at radius 1 is 1.32 bits per heavy atom. The number of alkyl halides is 4. The van der Waals surface area contributed by atoms with Gasteiger partial charge in [-0.1, -0.05) is 22.9 Å². The van der Waals surface area contributed by atoms with Crippen molar-refractivity contribution in [2.24, 2.45) is 0 Å². The molecule has 0 saturated carbocycles. The summed E-state index contributed by atoms with van der Waals surface area (Å²) in [5, 5.41) is 10.4. The molecule has 2 aliphatic rings. The average molecular weight is 556 g/mol. The summed E-state index contributed by atoms with van der Waals surface area (Å²) in [6, 6.07) is 4.01. The number of hydrogen-bond donors (Lipinski definition) is 2. The number of carbonyl (C=O) groups is 1. The van der Waals surface area contributed by atoms with Gasteiger partial charge in [-0.2, -0.15) is 18.2 Å². The molecule has 3 aromatic rings. The molecule has 7 nitrogen and oxygen atoms in total. The highest BCUT2D eigenvalue weighted by Gasteiger charge is 2.36. The van der Waals surface area contributed by atoms with Crippen molar-refractivity contribution in [1.29, 1.82) is 0 Å².